The maximum absolute atomic E-state index is 13.8. The number of rotatable bonds is 9. The van der Waals surface area contributed by atoms with E-state index in [1.54, 1.807) is 0 Å². The molecule has 2 aromatic rings. The van der Waals surface area contributed by atoms with Crippen LogP contribution in [-0.2, 0) is 14.4 Å². The highest BCUT2D eigenvalue weighted by atomic mass is 19.1. The molecule has 0 aliphatic carbocycles. The van der Waals surface area contributed by atoms with E-state index >= 15 is 0 Å². The molecule has 7 nitrogen and oxygen atoms in total. The molecule has 0 bridgehead atoms. The van der Waals surface area contributed by atoms with E-state index in [4.69, 9.17) is 14.2 Å². The third-order valence-corrected chi connectivity index (χ3v) is 3.74. The van der Waals surface area contributed by atoms with Gasteiger partial charge in [-0.15, -0.1) is 0 Å². The summed E-state index contributed by atoms with van der Waals surface area (Å²) < 4.78 is 28.6. The van der Waals surface area contributed by atoms with Crippen molar-refractivity contribution in [2.75, 3.05) is 0 Å². The summed E-state index contributed by atoms with van der Waals surface area (Å²) in [7, 11) is 0. The number of carbonyl (C=O) groups excluding carboxylic acids is 4. The minimum Gasteiger partial charge on any atom is -0.420 e. The zero-order valence-electron chi connectivity index (χ0n) is 16.7. The Balaban J connectivity index is 2.29. The molecule has 162 valence electrons. The second-order valence-corrected chi connectivity index (χ2v) is 5.92. The first-order valence-electron chi connectivity index (χ1n) is 8.96. The van der Waals surface area contributed by atoms with Gasteiger partial charge in [-0.05, 0) is 42.0 Å². The Morgan fingerprint density at radius 3 is 1.88 bits per heavy atom. The van der Waals surface area contributed by atoms with E-state index < -0.39 is 29.5 Å². The first kappa shape index (κ1) is 23.7. The van der Waals surface area contributed by atoms with Gasteiger partial charge in [0.25, 0.3) is 0 Å². The summed E-state index contributed by atoms with van der Waals surface area (Å²) in [5, 5.41) is 0. The fourth-order valence-corrected chi connectivity index (χ4v) is 2.25. The molecular formula is C24H17FO7. The highest BCUT2D eigenvalue weighted by molar-refractivity contribution is 6.07. The molecule has 0 saturated heterocycles. The van der Waals surface area contributed by atoms with Crippen LogP contribution in [0.25, 0.3) is 6.08 Å². The lowest BCUT2D eigenvalue weighted by Crippen LogP contribution is -2.09. The topological polar surface area (TPSA) is 96.0 Å². The average Bonchev–Trinajstić information content (AvgIpc) is 2.79. The molecule has 8 heteroatoms. The molecule has 0 saturated carbocycles. The molecule has 0 heterocycles. The number of esters is 3. The number of ether oxygens (including phenoxy) is 3. The predicted molar refractivity (Wildman–Crippen MR) is 114 cm³/mol. The van der Waals surface area contributed by atoms with Crippen molar-refractivity contribution in [2.45, 2.75) is 0 Å². The zero-order valence-corrected chi connectivity index (χ0v) is 16.7. The third-order valence-electron chi connectivity index (χ3n) is 3.74. The molecule has 0 fully saturated rings. The Morgan fingerprint density at radius 2 is 1.28 bits per heavy atom. The van der Waals surface area contributed by atoms with Gasteiger partial charge < -0.3 is 14.2 Å². The van der Waals surface area contributed by atoms with Crippen LogP contribution in [0, 0.1) is 5.82 Å². The van der Waals surface area contributed by atoms with Crippen molar-refractivity contribution in [3.8, 4) is 17.2 Å². The lowest BCUT2D eigenvalue weighted by Gasteiger charge is -2.09. The fraction of sp³-hybridized carbons (Fsp3) is 0. The SMILES string of the molecule is C=CC(=O)Oc1cc(C=CC(=O)c2ccc(OC(=O)C=C)c(OC(=O)C=C)c2)ccc1F. The van der Waals surface area contributed by atoms with Gasteiger partial charge in [-0.25, -0.2) is 18.8 Å². The number of ketones is 1. The van der Waals surface area contributed by atoms with Crippen LogP contribution in [0.1, 0.15) is 15.9 Å². The van der Waals surface area contributed by atoms with Gasteiger partial charge in [-0.1, -0.05) is 31.9 Å². The number of carbonyl (C=O) groups is 4. The molecule has 32 heavy (non-hydrogen) atoms. The molecule has 0 N–H and O–H groups in total. The second-order valence-electron chi connectivity index (χ2n) is 5.92. The van der Waals surface area contributed by atoms with Crippen molar-refractivity contribution in [1.82, 2.24) is 0 Å². The van der Waals surface area contributed by atoms with E-state index in [9.17, 15) is 23.6 Å². The highest BCUT2D eigenvalue weighted by Crippen LogP contribution is 2.29. The smallest absolute Gasteiger partial charge is 0.335 e. The van der Waals surface area contributed by atoms with Crippen molar-refractivity contribution >= 4 is 29.8 Å². The minimum absolute atomic E-state index is 0.0992. The minimum atomic E-state index is -0.833. The van der Waals surface area contributed by atoms with Crippen LogP contribution in [0.5, 0.6) is 17.2 Å². The molecule has 0 aliphatic heterocycles. The van der Waals surface area contributed by atoms with Crippen LogP contribution in [0.15, 0.2) is 80.4 Å². The molecule has 0 aliphatic rings. The van der Waals surface area contributed by atoms with Gasteiger partial charge in [-0.3, -0.25) is 4.79 Å². The maximum Gasteiger partial charge on any atom is 0.335 e. The van der Waals surface area contributed by atoms with Crippen LogP contribution < -0.4 is 14.2 Å². The summed E-state index contributed by atoms with van der Waals surface area (Å²) in [5.41, 5.74) is 0.480. The Hall–Kier alpha value is -4.59. The summed E-state index contributed by atoms with van der Waals surface area (Å²) in [6.45, 7) is 9.79. The van der Waals surface area contributed by atoms with Gasteiger partial charge in [0.2, 0.25) is 0 Å². The quantitative estimate of drug-likeness (QED) is 0.254. The molecule has 2 rings (SSSR count). The van der Waals surface area contributed by atoms with Gasteiger partial charge >= 0.3 is 17.9 Å². The molecule has 0 amide bonds. The number of hydrogen-bond donors (Lipinski definition) is 0. The molecule has 0 unspecified atom stereocenters. The summed E-state index contributed by atoms with van der Waals surface area (Å²) in [5.74, 6) is -4.31. The zero-order chi connectivity index (χ0) is 23.7. The summed E-state index contributed by atoms with van der Waals surface area (Å²) in [4.78, 5) is 46.9. The van der Waals surface area contributed by atoms with E-state index in [1.807, 2.05) is 0 Å². The van der Waals surface area contributed by atoms with Crippen molar-refractivity contribution in [3.63, 3.8) is 0 Å². The largest absolute Gasteiger partial charge is 0.420 e. The predicted octanol–water partition coefficient (Wildman–Crippen LogP) is 4.00. The number of allylic oxidation sites excluding steroid dienone is 1. The molecule has 0 radical (unpaired) electrons. The van der Waals surface area contributed by atoms with E-state index in [2.05, 4.69) is 19.7 Å². The van der Waals surface area contributed by atoms with Crippen molar-refractivity contribution in [3.05, 3.63) is 97.4 Å². The van der Waals surface area contributed by atoms with Crippen molar-refractivity contribution < 1.29 is 37.8 Å². The monoisotopic (exact) mass is 436 g/mol. The molecule has 2 aromatic carbocycles. The van der Waals surface area contributed by atoms with Crippen molar-refractivity contribution in [2.24, 2.45) is 0 Å². The summed E-state index contributed by atoms with van der Waals surface area (Å²) in [6, 6.07) is 7.52. The van der Waals surface area contributed by atoms with E-state index in [-0.39, 0.29) is 22.8 Å². The van der Waals surface area contributed by atoms with Gasteiger partial charge in [0, 0.05) is 23.8 Å². The Labute approximate surface area is 182 Å². The Bertz CT molecular complexity index is 1150. The first-order chi connectivity index (χ1) is 15.3. The van der Waals surface area contributed by atoms with Gasteiger partial charge in [0.15, 0.2) is 28.8 Å². The Kier molecular flexibility index (Phi) is 8.13. The van der Waals surface area contributed by atoms with Crippen LogP contribution in [0.3, 0.4) is 0 Å². The van der Waals surface area contributed by atoms with Gasteiger partial charge in [0.1, 0.15) is 0 Å². The van der Waals surface area contributed by atoms with Crippen molar-refractivity contribution in [1.29, 1.82) is 0 Å². The number of hydrogen-bond acceptors (Lipinski definition) is 7. The molecular weight excluding hydrogens is 419 g/mol. The Morgan fingerprint density at radius 1 is 0.719 bits per heavy atom. The lowest BCUT2D eigenvalue weighted by molar-refractivity contribution is -0.131. The van der Waals surface area contributed by atoms with Gasteiger partial charge in [-0.2, -0.15) is 0 Å². The summed E-state index contributed by atoms with van der Waals surface area (Å²) in [6.07, 6.45) is 5.26. The van der Waals surface area contributed by atoms with Gasteiger partial charge in [0.05, 0.1) is 0 Å². The van der Waals surface area contributed by atoms with Crippen LogP contribution in [0.2, 0.25) is 0 Å². The molecule has 0 spiro atoms. The maximum atomic E-state index is 13.8. The molecule has 0 aromatic heterocycles. The lowest BCUT2D eigenvalue weighted by atomic mass is 10.1. The second kappa shape index (κ2) is 11.0. The normalized spacial score (nSPS) is 10.2. The fourth-order valence-electron chi connectivity index (χ4n) is 2.25. The van der Waals surface area contributed by atoms with Crippen LogP contribution >= 0.6 is 0 Å². The van der Waals surface area contributed by atoms with E-state index in [0.717, 1.165) is 24.3 Å². The number of benzene rings is 2. The highest BCUT2D eigenvalue weighted by Gasteiger charge is 2.15. The third kappa shape index (κ3) is 6.46. The summed E-state index contributed by atoms with van der Waals surface area (Å²) >= 11 is 0. The number of halogens is 1. The first-order valence-corrected chi connectivity index (χ1v) is 8.96. The van der Waals surface area contributed by atoms with Crippen LogP contribution in [-0.4, -0.2) is 23.7 Å². The van der Waals surface area contributed by atoms with E-state index in [1.165, 1.54) is 42.5 Å². The van der Waals surface area contributed by atoms with E-state index in [0.29, 0.717) is 5.56 Å². The standard InChI is InChI=1S/C24H17FO7/c1-4-22(27)30-19-12-9-16(14-21(19)32-24(29)6-3)18(26)11-8-15-7-10-17(25)20(13-15)31-23(28)5-2/h4-14H,1-3H2. The average molecular weight is 436 g/mol. The van der Waals surface area contributed by atoms with Crippen LogP contribution in [0.4, 0.5) is 4.39 Å². The molecule has 0 atom stereocenters.